The minimum Gasteiger partial charge on any atom is -0.319 e. The van der Waals surface area contributed by atoms with Gasteiger partial charge in [-0.3, -0.25) is 0 Å². The highest BCUT2D eigenvalue weighted by atomic mass is 28.3. The van der Waals surface area contributed by atoms with E-state index in [1.54, 1.807) is 26.4 Å². The normalized spacial score (nSPS) is 18.3. The van der Waals surface area contributed by atoms with E-state index in [2.05, 4.69) is 163 Å². The number of nitrogens with zero attached hydrogens (tertiary/aromatic N) is 2. The molecule has 0 fully saturated rings. The van der Waals surface area contributed by atoms with Crippen LogP contribution in [0.3, 0.4) is 0 Å². The molecule has 0 radical (unpaired) electrons. The lowest BCUT2D eigenvalue weighted by molar-refractivity contribution is 1.21. The van der Waals surface area contributed by atoms with E-state index in [-0.39, 0.29) is 6.71 Å². The van der Waals surface area contributed by atoms with Crippen LogP contribution in [0.15, 0.2) is 143 Å². The van der Waals surface area contributed by atoms with Gasteiger partial charge in [0.05, 0.1) is 0 Å². The quantitative estimate of drug-likeness (QED) is 0.196. The fourth-order valence-electron chi connectivity index (χ4n) is 8.77. The van der Waals surface area contributed by atoms with Gasteiger partial charge < -0.3 is 9.80 Å². The van der Waals surface area contributed by atoms with Gasteiger partial charge in [-0.05, 0) is 69.3 Å². The zero-order chi connectivity index (χ0) is 29.1. The lowest BCUT2D eigenvalue weighted by Crippen LogP contribution is -2.59. The van der Waals surface area contributed by atoms with Gasteiger partial charge in [-0.15, -0.1) is 0 Å². The molecule has 206 valence electrons. The predicted octanol–water partition coefficient (Wildman–Crippen LogP) is 7.75. The molecule has 0 saturated carbocycles. The van der Waals surface area contributed by atoms with Crippen LogP contribution in [-0.4, -0.2) is 22.9 Å². The van der Waals surface area contributed by atoms with Crippen LogP contribution in [0, 0.1) is 0 Å². The number of anilines is 5. The first kappa shape index (κ1) is 25.2. The molecule has 0 saturated heterocycles. The minimum absolute atomic E-state index is 0.206. The summed E-state index contributed by atoms with van der Waals surface area (Å²) in [6, 6.07) is 47.6. The predicted molar refractivity (Wildman–Crippen MR) is 190 cm³/mol. The molecule has 0 atom stereocenters. The van der Waals surface area contributed by atoms with E-state index < -0.39 is 16.1 Å². The Kier molecular flexibility index (Phi) is 5.05. The van der Waals surface area contributed by atoms with E-state index in [4.69, 9.17) is 0 Å². The van der Waals surface area contributed by atoms with Crippen LogP contribution in [0.25, 0.3) is 5.20 Å². The second-order valence-electron chi connectivity index (χ2n) is 13.4. The summed E-state index contributed by atoms with van der Waals surface area (Å²) in [7, 11) is -4.11. The summed E-state index contributed by atoms with van der Waals surface area (Å²) < 4.78 is 0. The number of para-hydroxylation sites is 3. The van der Waals surface area contributed by atoms with Crippen LogP contribution in [0.1, 0.15) is 5.56 Å². The molecule has 0 spiro atoms. The van der Waals surface area contributed by atoms with Crippen molar-refractivity contribution in [2.45, 2.75) is 26.2 Å². The summed E-state index contributed by atoms with van der Waals surface area (Å²) in [4.78, 5) is 5.18. The Morgan fingerprint density at radius 1 is 0.488 bits per heavy atom. The Balaban J connectivity index is 1.43. The van der Waals surface area contributed by atoms with Gasteiger partial charge in [0.2, 0.25) is 0 Å². The van der Waals surface area contributed by atoms with Gasteiger partial charge >= 0.3 is 0 Å². The van der Waals surface area contributed by atoms with Crippen LogP contribution in [0.5, 0.6) is 0 Å². The van der Waals surface area contributed by atoms with Gasteiger partial charge in [-0.25, -0.2) is 0 Å². The Hall–Kier alpha value is -4.32. The standard InChI is InChI=1S/C38H33BN2Si2/c1-42(2)33-25-14-11-20-28(33)36-37(42)35-38(43(36,3)4)41(27-18-9-6-10-19-27)32-24-15-23-31-34(32)39(35)29-21-12-13-22-30(29)40(31)26-16-7-5-8-17-26/h5-25H,1-4H3. The summed E-state index contributed by atoms with van der Waals surface area (Å²) in [5.41, 5.74) is 12.4. The van der Waals surface area contributed by atoms with Crippen molar-refractivity contribution < 1.29 is 0 Å². The van der Waals surface area contributed by atoms with Crippen molar-refractivity contribution in [1.29, 1.82) is 0 Å². The smallest absolute Gasteiger partial charge is 0.251 e. The van der Waals surface area contributed by atoms with Gasteiger partial charge in [0.25, 0.3) is 6.71 Å². The average molecular weight is 585 g/mol. The van der Waals surface area contributed by atoms with Crippen LogP contribution in [0.4, 0.5) is 28.4 Å². The van der Waals surface area contributed by atoms with E-state index in [0.717, 1.165) is 0 Å². The SMILES string of the molecule is C[Si]1(C)C2=C(C3=C1N(c1ccccc1)c1cccc4c1B3c1ccccc1N4c1ccccc1)[Si](C)(C)c1ccccc12. The number of hydrogen-bond donors (Lipinski definition) is 0. The fourth-order valence-corrected chi connectivity index (χ4v) is 17.9. The Morgan fingerprint density at radius 3 is 1.77 bits per heavy atom. The van der Waals surface area contributed by atoms with Gasteiger partial charge in [-0.1, -0.05) is 122 Å². The van der Waals surface area contributed by atoms with E-state index in [0.29, 0.717) is 0 Å². The Labute approximate surface area is 256 Å². The summed E-state index contributed by atoms with van der Waals surface area (Å²) in [5, 5.41) is 6.63. The number of allylic oxidation sites excluding steroid dienone is 2. The highest BCUT2D eigenvalue weighted by Crippen LogP contribution is 2.57. The van der Waals surface area contributed by atoms with Crippen molar-refractivity contribution in [3.63, 3.8) is 0 Å². The molecule has 2 nitrogen and oxygen atoms in total. The van der Waals surface area contributed by atoms with E-state index in [1.807, 2.05) is 0 Å². The zero-order valence-electron chi connectivity index (χ0n) is 25.1. The Bertz CT molecular complexity index is 2050. The minimum atomic E-state index is -2.13. The first-order chi connectivity index (χ1) is 20.9. The highest BCUT2D eigenvalue weighted by molar-refractivity contribution is 7.15. The first-order valence-electron chi connectivity index (χ1n) is 15.4. The van der Waals surface area contributed by atoms with Crippen molar-refractivity contribution in [3.8, 4) is 0 Å². The number of benzene rings is 5. The summed E-state index contributed by atoms with van der Waals surface area (Å²) in [6.45, 7) is 10.7. The third-order valence-electron chi connectivity index (χ3n) is 10.3. The second kappa shape index (κ2) is 8.62. The van der Waals surface area contributed by atoms with Crippen LogP contribution < -0.4 is 25.9 Å². The highest BCUT2D eigenvalue weighted by Gasteiger charge is 2.59. The summed E-state index contributed by atoms with van der Waals surface area (Å²) in [6.07, 6.45) is 0. The third kappa shape index (κ3) is 3.14. The van der Waals surface area contributed by atoms with Crippen molar-refractivity contribution in [2.24, 2.45) is 0 Å². The number of fused-ring (bicyclic) bond motifs is 6. The lowest BCUT2D eigenvalue weighted by atomic mass is 9.33. The molecule has 0 unspecified atom stereocenters. The maximum atomic E-state index is 2.68. The van der Waals surface area contributed by atoms with Gasteiger partial charge in [-0.2, -0.15) is 0 Å². The molecule has 43 heavy (non-hydrogen) atoms. The number of hydrogen-bond acceptors (Lipinski definition) is 2. The van der Waals surface area contributed by atoms with Crippen LogP contribution in [0.2, 0.25) is 26.2 Å². The molecule has 5 aromatic carbocycles. The molecular weight excluding hydrogens is 551 g/mol. The number of rotatable bonds is 2. The summed E-state index contributed by atoms with van der Waals surface area (Å²) >= 11 is 0. The molecular formula is C38H33BN2Si2. The molecule has 5 aromatic rings. The third-order valence-corrected chi connectivity index (χ3v) is 17.6. The van der Waals surface area contributed by atoms with E-state index in [9.17, 15) is 0 Å². The lowest BCUT2D eigenvalue weighted by Gasteiger charge is -2.47. The molecule has 0 N–H and O–H groups in total. The molecule has 0 amide bonds. The molecule has 9 rings (SSSR count). The molecule has 0 aliphatic carbocycles. The molecule has 4 aliphatic heterocycles. The second-order valence-corrected chi connectivity index (χ2v) is 21.9. The maximum absolute atomic E-state index is 2.68. The summed E-state index contributed by atoms with van der Waals surface area (Å²) in [5.74, 6) is 0. The largest absolute Gasteiger partial charge is 0.319 e. The molecule has 4 aliphatic rings. The van der Waals surface area contributed by atoms with Gasteiger partial charge in [0.15, 0.2) is 0 Å². The fraction of sp³-hybridized carbons (Fsp3) is 0.105. The van der Waals surface area contributed by atoms with Crippen molar-refractivity contribution >= 4 is 72.6 Å². The van der Waals surface area contributed by atoms with Crippen LogP contribution >= 0.6 is 0 Å². The van der Waals surface area contributed by atoms with Gasteiger partial charge in [0.1, 0.15) is 16.1 Å². The van der Waals surface area contributed by atoms with Crippen molar-refractivity contribution in [3.05, 3.63) is 149 Å². The van der Waals surface area contributed by atoms with Crippen molar-refractivity contribution in [2.75, 3.05) is 9.80 Å². The van der Waals surface area contributed by atoms with Gasteiger partial charge in [0, 0.05) is 33.8 Å². The average Bonchev–Trinajstić information content (AvgIpc) is 3.43. The topological polar surface area (TPSA) is 6.48 Å². The molecule has 0 bridgehead atoms. The Morgan fingerprint density at radius 2 is 1.05 bits per heavy atom. The van der Waals surface area contributed by atoms with E-state index in [1.165, 1.54) is 44.9 Å². The van der Waals surface area contributed by atoms with E-state index >= 15 is 0 Å². The van der Waals surface area contributed by atoms with Crippen molar-refractivity contribution in [1.82, 2.24) is 0 Å². The first-order valence-corrected chi connectivity index (χ1v) is 21.4. The zero-order valence-corrected chi connectivity index (χ0v) is 27.1. The van der Waals surface area contributed by atoms with Crippen LogP contribution in [-0.2, 0) is 0 Å². The maximum Gasteiger partial charge on any atom is 0.251 e. The molecule has 4 heterocycles. The monoisotopic (exact) mass is 584 g/mol. The molecule has 5 heteroatoms. The molecule has 0 aromatic heterocycles.